The minimum absolute atomic E-state index is 0.178. The largest absolute Gasteiger partial charge is 0.416 e. The van der Waals surface area contributed by atoms with E-state index < -0.39 is 11.7 Å². The van der Waals surface area contributed by atoms with E-state index in [4.69, 9.17) is 0 Å². The molecule has 1 aromatic heterocycles. The van der Waals surface area contributed by atoms with Gasteiger partial charge in [0.25, 0.3) is 0 Å². The number of aryl methyl sites for hydroxylation is 1. The summed E-state index contributed by atoms with van der Waals surface area (Å²) in [6.45, 7) is 1.86. The molecule has 1 heterocycles. The fourth-order valence-corrected chi connectivity index (χ4v) is 2.82. The molecule has 2 aromatic rings. The number of alkyl halides is 3. The first-order valence-corrected chi connectivity index (χ1v) is 7.71. The van der Waals surface area contributed by atoms with Crippen molar-refractivity contribution in [3.05, 3.63) is 65.0 Å². The second kappa shape index (κ2) is 6.26. The summed E-state index contributed by atoms with van der Waals surface area (Å²) in [4.78, 5) is 16.2. The second-order valence-corrected chi connectivity index (χ2v) is 6.09. The Morgan fingerprint density at radius 1 is 1.25 bits per heavy atom. The van der Waals surface area contributed by atoms with Gasteiger partial charge in [-0.05, 0) is 36.6 Å². The zero-order valence-corrected chi connectivity index (χ0v) is 13.1. The summed E-state index contributed by atoms with van der Waals surface area (Å²) in [6, 6.07) is 8.97. The summed E-state index contributed by atoms with van der Waals surface area (Å²) in [7, 11) is 0. The van der Waals surface area contributed by atoms with Crippen molar-refractivity contribution in [2.45, 2.75) is 37.9 Å². The number of nitrogens with zero attached hydrogens (tertiary/aromatic N) is 1. The highest BCUT2D eigenvalue weighted by Crippen LogP contribution is 2.46. The standard InChI is InChI=1S/C18H17F3N2O/c1-11-6-7-12(10-22-11)8-17(24)23-16-9-14(16)13-4-2-3-5-15(13)18(19,20)21/h2-7,10,14,16H,8-9H2,1H3,(H,23,24)/t14-,16-/m1/s1. The number of carbonyl (C=O) groups is 1. The third kappa shape index (κ3) is 3.75. The van der Waals surface area contributed by atoms with Crippen molar-refractivity contribution in [2.24, 2.45) is 0 Å². The van der Waals surface area contributed by atoms with Crippen LogP contribution in [0.1, 0.15) is 34.7 Å². The Hall–Kier alpha value is -2.37. The van der Waals surface area contributed by atoms with Gasteiger partial charge in [-0.2, -0.15) is 13.2 Å². The first-order valence-electron chi connectivity index (χ1n) is 7.71. The van der Waals surface area contributed by atoms with E-state index in [0.29, 0.717) is 6.42 Å². The van der Waals surface area contributed by atoms with Crippen LogP contribution in [0.4, 0.5) is 13.2 Å². The average molecular weight is 334 g/mol. The van der Waals surface area contributed by atoms with Crippen LogP contribution >= 0.6 is 0 Å². The van der Waals surface area contributed by atoms with E-state index in [1.807, 2.05) is 19.1 Å². The lowest BCUT2D eigenvalue weighted by Gasteiger charge is -2.12. The minimum atomic E-state index is -4.37. The van der Waals surface area contributed by atoms with Gasteiger partial charge in [-0.25, -0.2) is 0 Å². The molecule has 3 nitrogen and oxygen atoms in total. The van der Waals surface area contributed by atoms with Crippen LogP contribution in [0.2, 0.25) is 0 Å². The quantitative estimate of drug-likeness (QED) is 0.928. The summed E-state index contributed by atoms with van der Waals surface area (Å²) in [6.07, 6.45) is -2.03. The Bertz CT molecular complexity index is 741. The Morgan fingerprint density at radius 2 is 2.00 bits per heavy atom. The molecular formula is C18H17F3N2O. The lowest BCUT2D eigenvalue weighted by Crippen LogP contribution is -2.28. The smallest absolute Gasteiger partial charge is 0.352 e. The van der Waals surface area contributed by atoms with Crippen LogP contribution in [0, 0.1) is 6.92 Å². The van der Waals surface area contributed by atoms with E-state index in [2.05, 4.69) is 10.3 Å². The highest BCUT2D eigenvalue weighted by Gasteiger charge is 2.44. The zero-order valence-electron chi connectivity index (χ0n) is 13.1. The van der Waals surface area contributed by atoms with Crippen molar-refractivity contribution >= 4 is 5.91 Å². The fraction of sp³-hybridized carbons (Fsp3) is 0.333. The van der Waals surface area contributed by atoms with Crippen LogP contribution in [-0.2, 0) is 17.4 Å². The van der Waals surface area contributed by atoms with Gasteiger partial charge in [-0.1, -0.05) is 24.3 Å². The van der Waals surface area contributed by atoms with E-state index in [1.165, 1.54) is 12.1 Å². The highest BCUT2D eigenvalue weighted by atomic mass is 19.4. The van der Waals surface area contributed by atoms with Gasteiger partial charge < -0.3 is 5.32 Å². The van der Waals surface area contributed by atoms with E-state index in [9.17, 15) is 18.0 Å². The van der Waals surface area contributed by atoms with Crippen LogP contribution < -0.4 is 5.32 Å². The van der Waals surface area contributed by atoms with Gasteiger partial charge in [0.1, 0.15) is 0 Å². The number of hydrogen-bond donors (Lipinski definition) is 1. The van der Waals surface area contributed by atoms with E-state index in [1.54, 1.807) is 12.3 Å². The summed E-state index contributed by atoms with van der Waals surface area (Å²) in [5.41, 5.74) is 1.29. The van der Waals surface area contributed by atoms with Crippen molar-refractivity contribution < 1.29 is 18.0 Å². The summed E-state index contributed by atoms with van der Waals surface area (Å²) >= 11 is 0. The molecule has 0 unspecified atom stereocenters. The number of benzene rings is 1. The van der Waals surface area contributed by atoms with Crippen molar-refractivity contribution in [2.75, 3.05) is 0 Å². The predicted molar refractivity (Wildman–Crippen MR) is 83.4 cm³/mol. The zero-order chi connectivity index (χ0) is 17.3. The lowest BCUT2D eigenvalue weighted by atomic mass is 10.0. The maximum atomic E-state index is 13.1. The van der Waals surface area contributed by atoms with Crippen molar-refractivity contribution in [1.82, 2.24) is 10.3 Å². The van der Waals surface area contributed by atoms with Crippen molar-refractivity contribution in [1.29, 1.82) is 0 Å². The first kappa shape index (κ1) is 16.5. The molecule has 0 saturated heterocycles. The molecule has 1 amide bonds. The number of halogens is 3. The molecule has 0 spiro atoms. The van der Waals surface area contributed by atoms with E-state index >= 15 is 0 Å². The monoisotopic (exact) mass is 334 g/mol. The molecule has 1 aliphatic carbocycles. The molecule has 1 saturated carbocycles. The van der Waals surface area contributed by atoms with Crippen LogP contribution in [0.15, 0.2) is 42.6 Å². The van der Waals surface area contributed by atoms with Gasteiger partial charge in [-0.15, -0.1) is 0 Å². The average Bonchev–Trinajstić information content (AvgIpc) is 3.27. The molecule has 1 aromatic carbocycles. The maximum absolute atomic E-state index is 13.1. The molecule has 6 heteroatoms. The Balaban J connectivity index is 1.62. The van der Waals surface area contributed by atoms with Gasteiger partial charge in [0, 0.05) is 23.9 Å². The number of pyridine rings is 1. The molecule has 1 fully saturated rings. The number of aromatic nitrogens is 1. The molecule has 0 bridgehead atoms. The molecule has 2 atom stereocenters. The fourth-order valence-electron chi connectivity index (χ4n) is 2.82. The summed E-state index contributed by atoms with van der Waals surface area (Å²) < 4.78 is 39.2. The molecule has 1 N–H and O–H groups in total. The summed E-state index contributed by atoms with van der Waals surface area (Å²) in [5, 5.41) is 2.81. The predicted octanol–water partition coefficient (Wildman–Crippen LogP) is 3.62. The third-order valence-electron chi connectivity index (χ3n) is 4.14. The molecule has 1 aliphatic rings. The second-order valence-electron chi connectivity index (χ2n) is 6.09. The van der Waals surface area contributed by atoms with Crippen LogP contribution in [0.25, 0.3) is 0 Å². The topological polar surface area (TPSA) is 42.0 Å². The molecule has 3 rings (SSSR count). The Labute approximate surface area is 137 Å². The van der Waals surface area contributed by atoms with E-state index in [-0.39, 0.29) is 29.9 Å². The van der Waals surface area contributed by atoms with Crippen LogP contribution in [0.3, 0.4) is 0 Å². The number of hydrogen-bond acceptors (Lipinski definition) is 2. The van der Waals surface area contributed by atoms with Gasteiger partial charge in [-0.3, -0.25) is 9.78 Å². The van der Waals surface area contributed by atoms with Crippen LogP contribution in [0.5, 0.6) is 0 Å². The number of rotatable bonds is 4. The minimum Gasteiger partial charge on any atom is -0.352 e. The number of amides is 1. The third-order valence-corrected chi connectivity index (χ3v) is 4.14. The van der Waals surface area contributed by atoms with Crippen LogP contribution in [-0.4, -0.2) is 16.9 Å². The molecule has 0 aliphatic heterocycles. The van der Waals surface area contributed by atoms with Gasteiger partial charge in [0.15, 0.2) is 0 Å². The number of carbonyl (C=O) groups excluding carboxylic acids is 1. The highest BCUT2D eigenvalue weighted by molar-refractivity contribution is 5.79. The maximum Gasteiger partial charge on any atom is 0.416 e. The first-order chi connectivity index (χ1) is 11.3. The number of nitrogens with one attached hydrogen (secondary N) is 1. The molecule has 126 valence electrons. The van der Waals surface area contributed by atoms with Gasteiger partial charge in [0.05, 0.1) is 12.0 Å². The van der Waals surface area contributed by atoms with Crippen molar-refractivity contribution in [3.63, 3.8) is 0 Å². The Morgan fingerprint density at radius 3 is 2.67 bits per heavy atom. The van der Waals surface area contributed by atoms with Gasteiger partial charge in [0.2, 0.25) is 5.91 Å². The van der Waals surface area contributed by atoms with Crippen molar-refractivity contribution in [3.8, 4) is 0 Å². The molecular weight excluding hydrogens is 317 g/mol. The van der Waals surface area contributed by atoms with E-state index in [0.717, 1.165) is 17.3 Å². The Kier molecular flexibility index (Phi) is 4.30. The molecule has 24 heavy (non-hydrogen) atoms. The lowest BCUT2D eigenvalue weighted by molar-refractivity contribution is -0.138. The SMILES string of the molecule is Cc1ccc(CC(=O)N[C@@H]2C[C@@H]2c2ccccc2C(F)(F)F)cn1. The normalized spacial score (nSPS) is 19.8. The van der Waals surface area contributed by atoms with Gasteiger partial charge >= 0.3 is 6.18 Å². The molecule has 0 radical (unpaired) electrons. The summed E-state index contributed by atoms with van der Waals surface area (Å²) in [5.74, 6) is -0.472.